The normalized spacial score (nSPS) is 18.5. The molecule has 13 heteroatoms. The number of aromatic nitrogens is 1. The lowest BCUT2D eigenvalue weighted by Crippen LogP contribution is -2.53. The first-order chi connectivity index (χ1) is 15.0. The van der Waals surface area contributed by atoms with E-state index in [2.05, 4.69) is 14.8 Å². The van der Waals surface area contributed by atoms with Gasteiger partial charge in [-0.25, -0.2) is 9.78 Å². The molecule has 0 bridgehead atoms. The maximum absolute atomic E-state index is 10.8. The highest BCUT2D eigenvalue weighted by molar-refractivity contribution is 5.94. The van der Waals surface area contributed by atoms with E-state index >= 15 is 0 Å². The van der Waals surface area contributed by atoms with Gasteiger partial charge in [0.1, 0.15) is 11.7 Å². The van der Waals surface area contributed by atoms with Crippen molar-refractivity contribution in [3.8, 4) is 0 Å². The van der Waals surface area contributed by atoms with Gasteiger partial charge in [-0.3, -0.25) is 20.0 Å². The summed E-state index contributed by atoms with van der Waals surface area (Å²) in [6, 6.07) is 4.33. The Morgan fingerprint density at radius 2 is 1.66 bits per heavy atom. The monoisotopic (exact) mass is 460 g/mol. The quantitative estimate of drug-likeness (QED) is 0.368. The van der Waals surface area contributed by atoms with Gasteiger partial charge in [0.15, 0.2) is 0 Å². The molecule has 3 rings (SSSR count). The molecule has 2 saturated heterocycles. The van der Waals surface area contributed by atoms with E-state index in [-0.39, 0.29) is 12.4 Å². The lowest BCUT2D eigenvalue weighted by Gasteiger charge is -2.42. The third kappa shape index (κ3) is 7.64. The number of anilines is 1. The number of nitrogens with zero attached hydrogens (tertiary/aromatic N) is 4. The molecule has 1 aromatic heterocycles. The van der Waals surface area contributed by atoms with Gasteiger partial charge in [-0.2, -0.15) is 13.2 Å². The van der Waals surface area contributed by atoms with Crippen molar-refractivity contribution < 1.29 is 33.0 Å². The van der Waals surface area contributed by atoms with Crippen molar-refractivity contribution in [3.05, 3.63) is 23.9 Å². The van der Waals surface area contributed by atoms with Gasteiger partial charge in [0.05, 0.1) is 6.54 Å². The molecule has 10 nitrogen and oxygen atoms in total. The van der Waals surface area contributed by atoms with Crippen molar-refractivity contribution in [1.29, 1.82) is 5.41 Å². The van der Waals surface area contributed by atoms with Crippen LogP contribution in [0.5, 0.6) is 0 Å². The minimum absolute atomic E-state index is 0.0399. The SMILES string of the molecule is N=C(N)c1ccc(N2CCN(C3CCN(CC(=O)O)CC3)CC2)nc1.O=C(O)C(F)(F)F. The van der Waals surface area contributed by atoms with Gasteiger partial charge in [0.25, 0.3) is 0 Å². The molecule has 0 amide bonds. The summed E-state index contributed by atoms with van der Waals surface area (Å²) >= 11 is 0. The second-order valence-corrected chi connectivity index (χ2v) is 7.55. The number of carbonyl (C=O) groups is 2. The van der Waals surface area contributed by atoms with E-state index in [9.17, 15) is 18.0 Å². The highest BCUT2D eigenvalue weighted by Gasteiger charge is 2.38. The maximum Gasteiger partial charge on any atom is 0.490 e. The van der Waals surface area contributed by atoms with Crippen LogP contribution in [0.2, 0.25) is 0 Å². The molecule has 0 aromatic carbocycles. The van der Waals surface area contributed by atoms with Crippen LogP contribution < -0.4 is 10.6 Å². The summed E-state index contributed by atoms with van der Waals surface area (Å²) in [5.41, 5.74) is 6.12. The van der Waals surface area contributed by atoms with Gasteiger partial charge in [0, 0.05) is 57.1 Å². The number of aliphatic carboxylic acids is 2. The Balaban J connectivity index is 0.000000451. The summed E-state index contributed by atoms with van der Waals surface area (Å²) in [6.07, 6.45) is -1.35. The third-order valence-electron chi connectivity index (χ3n) is 5.37. The number of piperidine rings is 1. The molecule has 1 aromatic rings. The largest absolute Gasteiger partial charge is 0.490 e. The number of hydrogen-bond acceptors (Lipinski definition) is 7. The van der Waals surface area contributed by atoms with Crippen LogP contribution in [0.4, 0.5) is 19.0 Å². The van der Waals surface area contributed by atoms with Crippen molar-refractivity contribution in [2.75, 3.05) is 50.7 Å². The van der Waals surface area contributed by atoms with Crippen molar-refractivity contribution in [2.24, 2.45) is 5.73 Å². The standard InChI is InChI=1S/C17H26N6O2.C2HF3O2/c18-17(19)13-1-2-15(20-11-13)23-9-7-22(8-10-23)14-3-5-21(6-4-14)12-16(24)25;3-2(4,5)1(6)7/h1-2,11,14H,3-10,12H2,(H3,18,19)(H,24,25);(H,6,7). The van der Waals surface area contributed by atoms with Gasteiger partial charge >= 0.3 is 18.1 Å². The van der Waals surface area contributed by atoms with E-state index < -0.39 is 18.1 Å². The molecule has 5 N–H and O–H groups in total. The molecule has 3 heterocycles. The van der Waals surface area contributed by atoms with E-state index in [1.807, 2.05) is 17.0 Å². The zero-order chi connectivity index (χ0) is 23.9. The number of nitrogens with two attached hydrogens (primary N) is 1. The highest BCUT2D eigenvalue weighted by Crippen LogP contribution is 2.20. The van der Waals surface area contributed by atoms with Gasteiger partial charge in [-0.05, 0) is 25.0 Å². The fourth-order valence-electron chi connectivity index (χ4n) is 3.68. The van der Waals surface area contributed by atoms with Crippen LogP contribution in [0.15, 0.2) is 18.3 Å². The molecule has 32 heavy (non-hydrogen) atoms. The first-order valence-electron chi connectivity index (χ1n) is 10.0. The summed E-state index contributed by atoms with van der Waals surface area (Å²) in [4.78, 5) is 30.9. The van der Waals surface area contributed by atoms with Crippen molar-refractivity contribution >= 4 is 23.6 Å². The van der Waals surface area contributed by atoms with E-state index in [4.69, 9.17) is 26.2 Å². The van der Waals surface area contributed by atoms with Gasteiger partial charge in [-0.1, -0.05) is 0 Å². The average molecular weight is 460 g/mol. The van der Waals surface area contributed by atoms with Gasteiger partial charge in [-0.15, -0.1) is 0 Å². The Hall–Kier alpha value is -2.93. The summed E-state index contributed by atoms with van der Waals surface area (Å²) in [5, 5.41) is 23.4. The Morgan fingerprint density at radius 1 is 1.09 bits per heavy atom. The van der Waals surface area contributed by atoms with Crippen LogP contribution in [0.25, 0.3) is 0 Å². The predicted octanol–water partition coefficient (Wildman–Crippen LogP) is 0.670. The van der Waals surface area contributed by atoms with Crippen molar-refractivity contribution in [3.63, 3.8) is 0 Å². The number of amidine groups is 1. The Labute approximate surface area is 182 Å². The number of piperazine rings is 1. The molecule has 0 saturated carbocycles. The minimum Gasteiger partial charge on any atom is -0.480 e. The minimum atomic E-state index is -5.08. The molecule has 2 aliphatic rings. The smallest absolute Gasteiger partial charge is 0.480 e. The van der Waals surface area contributed by atoms with Crippen LogP contribution >= 0.6 is 0 Å². The lowest BCUT2D eigenvalue weighted by atomic mass is 10.0. The number of halogens is 3. The predicted molar refractivity (Wildman–Crippen MR) is 110 cm³/mol. The molecule has 178 valence electrons. The van der Waals surface area contributed by atoms with E-state index in [0.717, 1.165) is 57.9 Å². The fraction of sp³-hybridized carbons (Fsp3) is 0.579. The molecule has 0 spiro atoms. The number of alkyl halides is 3. The number of nitrogen functional groups attached to an aromatic ring is 1. The molecular weight excluding hydrogens is 433 g/mol. The zero-order valence-corrected chi connectivity index (χ0v) is 17.4. The Bertz CT molecular complexity index is 789. The number of carboxylic acids is 2. The second-order valence-electron chi connectivity index (χ2n) is 7.55. The van der Waals surface area contributed by atoms with Crippen LogP contribution in [0.3, 0.4) is 0 Å². The Kier molecular flexibility index (Phi) is 8.78. The number of pyridine rings is 1. The highest BCUT2D eigenvalue weighted by atomic mass is 19.4. The molecule has 0 aliphatic carbocycles. The average Bonchev–Trinajstić information content (AvgIpc) is 2.74. The summed E-state index contributed by atoms with van der Waals surface area (Å²) in [6.45, 7) is 5.75. The molecule has 2 aliphatic heterocycles. The topological polar surface area (TPSA) is 147 Å². The van der Waals surface area contributed by atoms with Crippen LogP contribution in [-0.4, -0.2) is 101 Å². The summed E-state index contributed by atoms with van der Waals surface area (Å²) < 4.78 is 31.7. The van der Waals surface area contributed by atoms with Gasteiger partial charge in [0.2, 0.25) is 0 Å². The van der Waals surface area contributed by atoms with E-state index in [1.165, 1.54) is 0 Å². The van der Waals surface area contributed by atoms with E-state index in [0.29, 0.717) is 11.6 Å². The lowest BCUT2D eigenvalue weighted by molar-refractivity contribution is -0.192. The van der Waals surface area contributed by atoms with Crippen molar-refractivity contribution in [1.82, 2.24) is 14.8 Å². The van der Waals surface area contributed by atoms with Gasteiger partial charge < -0.3 is 20.8 Å². The molecule has 0 atom stereocenters. The molecular formula is C19H27F3N6O4. The second kappa shape index (κ2) is 11.1. The Morgan fingerprint density at radius 3 is 2.06 bits per heavy atom. The number of hydrogen-bond donors (Lipinski definition) is 4. The van der Waals surface area contributed by atoms with E-state index in [1.54, 1.807) is 6.20 Å². The van der Waals surface area contributed by atoms with Crippen LogP contribution in [0, 0.1) is 5.41 Å². The first kappa shape index (κ1) is 25.3. The summed E-state index contributed by atoms with van der Waals surface area (Å²) in [7, 11) is 0. The molecule has 0 radical (unpaired) electrons. The zero-order valence-electron chi connectivity index (χ0n) is 17.4. The number of carboxylic acid groups (broad SMARTS) is 2. The summed E-state index contributed by atoms with van der Waals surface area (Å²) in [5.74, 6) is -2.53. The molecule has 0 unspecified atom stereocenters. The third-order valence-corrected chi connectivity index (χ3v) is 5.37. The van der Waals surface area contributed by atoms with Crippen molar-refractivity contribution in [2.45, 2.75) is 25.1 Å². The van der Waals surface area contributed by atoms with Crippen LogP contribution in [-0.2, 0) is 9.59 Å². The van der Waals surface area contributed by atoms with Crippen LogP contribution in [0.1, 0.15) is 18.4 Å². The maximum atomic E-state index is 10.8. The molecule has 2 fully saturated rings. The number of likely N-dealkylation sites (tertiary alicyclic amines) is 1. The fourth-order valence-corrected chi connectivity index (χ4v) is 3.68. The first-order valence-corrected chi connectivity index (χ1v) is 10.0. The number of rotatable bonds is 5. The number of nitrogens with one attached hydrogen (secondary N) is 1.